The van der Waals surface area contributed by atoms with Crippen molar-refractivity contribution in [3.63, 3.8) is 0 Å². The first-order chi connectivity index (χ1) is 13.4. The highest BCUT2D eigenvalue weighted by Crippen LogP contribution is 2.31. The van der Waals surface area contributed by atoms with Gasteiger partial charge < -0.3 is 9.30 Å². The second kappa shape index (κ2) is 8.68. The monoisotopic (exact) mass is 407 g/mol. The zero-order valence-electron chi connectivity index (χ0n) is 15.5. The second-order valence-electron chi connectivity index (χ2n) is 6.24. The molecular weight excluding hydrogens is 387 g/mol. The van der Waals surface area contributed by atoms with E-state index >= 15 is 0 Å². The van der Waals surface area contributed by atoms with E-state index in [-0.39, 0.29) is 12.4 Å². The average Bonchev–Trinajstić information content (AvgIpc) is 3.06. The van der Waals surface area contributed by atoms with Crippen LogP contribution in [0, 0.1) is 6.92 Å². The zero-order chi connectivity index (χ0) is 20.1. The molecule has 0 radical (unpaired) electrons. The van der Waals surface area contributed by atoms with Gasteiger partial charge in [0.2, 0.25) is 0 Å². The summed E-state index contributed by atoms with van der Waals surface area (Å²) in [5.41, 5.74) is 1.65. The molecule has 8 heteroatoms. The smallest absolute Gasteiger partial charge is 0.416 e. The van der Waals surface area contributed by atoms with Gasteiger partial charge in [0.05, 0.1) is 5.56 Å². The number of nitrogens with zero attached hydrogens (tertiary/aromatic N) is 3. The van der Waals surface area contributed by atoms with Gasteiger partial charge in [-0.2, -0.15) is 13.2 Å². The first-order valence-electron chi connectivity index (χ1n) is 8.77. The van der Waals surface area contributed by atoms with Crippen molar-refractivity contribution in [2.45, 2.75) is 44.1 Å². The van der Waals surface area contributed by atoms with Crippen molar-refractivity contribution in [3.05, 3.63) is 71.0 Å². The van der Waals surface area contributed by atoms with Gasteiger partial charge in [-0.3, -0.25) is 0 Å². The lowest BCUT2D eigenvalue weighted by molar-refractivity contribution is -0.137. The summed E-state index contributed by atoms with van der Waals surface area (Å²) in [6, 6.07) is 13.1. The Morgan fingerprint density at radius 3 is 2.57 bits per heavy atom. The first-order valence-corrected chi connectivity index (χ1v) is 9.76. The third kappa shape index (κ3) is 5.07. The van der Waals surface area contributed by atoms with Crippen LogP contribution in [0.25, 0.3) is 0 Å². The van der Waals surface area contributed by atoms with Crippen LogP contribution in [0.4, 0.5) is 13.2 Å². The van der Waals surface area contributed by atoms with Crippen LogP contribution in [0.3, 0.4) is 0 Å². The zero-order valence-corrected chi connectivity index (χ0v) is 16.3. The molecule has 0 bridgehead atoms. The molecule has 0 aliphatic rings. The summed E-state index contributed by atoms with van der Waals surface area (Å²) in [4.78, 5) is 0. The number of alkyl halides is 3. The molecule has 4 nitrogen and oxygen atoms in total. The molecule has 0 saturated heterocycles. The molecule has 0 aliphatic heterocycles. The molecule has 0 unspecified atom stereocenters. The fourth-order valence-electron chi connectivity index (χ4n) is 2.71. The van der Waals surface area contributed by atoms with E-state index in [4.69, 9.17) is 4.74 Å². The first kappa shape index (κ1) is 20.3. The molecule has 1 aromatic heterocycles. The Labute approximate surface area is 165 Å². The van der Waals surface area contributed by atoms with Crippen molar-refractivity contribution in [2.24, 2.45) is 0 Å². The summed E-state index contributed by atoms with van der Waals surface area (Å²) < 4.78 is 45.9. The van der Waals surface area contributed by atoms with E-state index in [1.807, 2.05) is 30.5 Å². The minimum atomic E-state index is -4.40. The number of benzene rings is 2. The number of hydrogen-bond donors (Lipinski definition) is 0. The molecular formula is C20H20F3N3OS. The molecule has 28 heavy (non-hydrogen) atoms. The highest BCUT2D eigenvalue weighted by Gasteiger charge is 2.30. The maximum Gasteiger partial charge on any atom is 0.416 e. The number of aryl methyl sites for hydroxylation is 1. The van der Waals surface area contributed by atoms with Gasteiger partial charge in [-0.25, -0.2) is 0 Å². The molecule has 3 rings (SSSR count). The minimum absolute atomic E-state index is 0.0488. The standard InChI is InChI=1S/C20H20F3N3OS/c1-3-26-18(12-27-17-9-5-8-16(11-17)20(21,22)23)24-25-19(26)28-13-15-7-4-6-14(2)10-15/h4-11H,3,12-13H2,1-2H3. The molecule has 0 spiro atoms. The minimum Gasteiger partial charge on any atom is -0.486 e. The summed E-state index contributed by atoms with van der Waals surface area (Å²) in [6.45, 7) is 4.71. The molecule has 3 aromatic rings. The lowest BCUT2D eigenvalue weighted by Crippen LogP contribution is -2.08. The van der Waals surface area contributed by atoms with Crippen LogP contribution < -0.4 is 4.74 Å². The predicted molar refractivity (Wildman–Crippen MR) is 102 cm³/mol. The predicted octanol–water partition coefficient (Wildman–Crippen LogP) is 5.50. The summed E-state index contributed by atoms with van der Waals surface area (Å²) in [6.07, 6.45) is -4.40. The van der Waals surface area contributed by atoms with Gasteiger partial charge in [0.15, 0.2) is 11.0 Å². The fraction of sp³-hybridized carbons (Fsp3) is 0.300. The van der Waals surface area contributed by atoms with Crippen molar-refractivity contribution in [2.75, 3.05) is 0 Å². The molecule has 0 aliphatic carbocycles. The van der Waals surface area contributed by atoms with Crippen molar-refractivity contribution in [1.82, 2.24) is 14.8 Å². The van der Waals surface area contributed by atoms with E-state index < -0.39 is 11.7 Å². The van der Waals surface area contributed by atoms with Gasteiger partial charge in [-0.05, 0) is 37.6 Å². The molecule has 0 atom stereocenters. The van der Waals surface area contributed by atoms with Crippen LogP contribution in [0.15, 0.2) is 53.7 Å². The van der Waals surface area contributed by atoms with Crippen LogP contribution in [-0.4, -0.2) is 14.8 Å². The second-order valence-corrected chi connectivity index (χ2v) is 7.18. The normalized spacial score (nSPS) is 11.6. The highest BCUT2D eigenvalue weighted by molar-refractivity contribution is 7.98. The Morgan fingerprint density at radius 2 is 1.86 bits per heavy atom. The Balaban J connectivity index is 1.67. The molecule has 0 amide bonds. The number of aromatic nitrogens is 3. The van der Waals surface area contributed by atoms with Crippen LogP contribution in [-0.2, 0) is 25.1 Å². The number of halogens is 3. The van der Waals surface area contributed by atoms with Gasteiger partial charge >= 0.3 is 6.18 Å². The van der Waals surface area contributed by atoms with Crippen LogP contribution in [0.2, 0.25) is 0 Å². The molecule has 2 aromatic carbocycles. The Hall–Kier alpha value is -2.48. The van der Waals surface area contributed by atoms with Crippen molar-refractivity contribution < 1.29 is 17.9 Å². The average molecular weight is 407 g/mol. The van der Waals surface area contributed by atoms with E-state index in [0.717, 1.165) is 23.0 Å². The highest BCUT2D eigenvalue weighted by atomic mass is 32.2. The third-order valence-electron chi connectivity index (χ3n) is 4.09. The van der Waals surface area contributed by atoms with Gasteiger partial charge in [-0.1, -0.05) is 47.7 Å². The molecule has 0 fully saturated rings. The Bertz CT molecular complexity index is 940. The quantitative estimate of drug-likeness (QED) is 0.485. The van der Waals surface area contributed by atoms with Gasteiger partial charge in [0.1, 0.15) is 12.4 Å². The van der Waals surface area contributed by atoms with Gasteiger partial charge in [0.25, 0.3) is 0 Å². The number of ether oxygens (including phenoxy) is 1. The van der Waals surface area contributed by atoms with Crippen molar-refractivity contribution >= 4 is 11.8 Å². The Morgan fingerprint density at radius 1 is 1.07 bits per heavy atom. The maximum atomic E-state index is 12.8. The van der Waals surface area contributed by atoms with Crippen LogP contribution in [0.5, 0.6) is 5.75 Å². The number of hydrogen-bond acceptors (Lipinski definition) is 4. The van der Waals surface area contributed by atoms with Crippen LogP contribution >= 0.6 is 11.8 Å². The van der Waals surface area contributed by atoms with E-state index in [1.54, 1.807) is 11.8 Å². The van der Waals surface area contributed by atoms with Crippen LogP contribution in [0.1, 0.15) is 29.4 Å². The SMILES string of the molecule is CCn1c(COc2cccc(C(F)(F)F)c2)nnc1SCc1cccc(C)c1. The number of thioether (sulfide) groups is 1. The van der Waals surface area contributed by atoms with E-state index in [1.165, 1.54) is 23.3 Å². The van der Waals surface area contributed by atoms with E-state index in [9.17, 15) is 13.2 Å². The lowest BCUT2D eigenvalue weighted by atomic mass is 10.2. The lowest BCUT2D eigenvalue weighted by Gasteiger charge is -2.11. The maximum absolute atomic E-state index is 12.8. The fourth-order valence-corrected chi connectivity index (χ4v) is 3.67. The summed E-state index contributed by atoms with van der Waals surface area (Å²) in [5, 5.41) is 9.11. The Kier molecular flexibility index (Phi) is 6.28. The topological polar surface area (TPSA) is 39.9 Å². The van der Waals surface area contributed by atoms with E-state index in [0.29, 0.717) is 12.4 Å². The summed E-state index contributed by atoms with van der Waals surface area (Å²) in [7, 11) is 0. The molecule has 0 saturated carbocycles. The third-order valence-corrected chi connectivity index (χ3v) is 5.13. The number of rotatable bonds is 7. The van der Waals surface area contributed by atoms with E-state index in [2.05, 4.69) is 22.3 Å². The molecule has 0 N–H and O–H groups in total. The van der Waals surface area contributed by atoms with Gasteiger partial charge in [0, 0.05) is 12.3 Å². The molecule has 148 valence electrons. The summed E-state index contributed by atoms with van der Waals surface area (Å²) in [5.74, 6) is 1.48. The van der Waals surface area contributed by atoms with Crippen molar-refractivity contribution in [1.29, 1.82) is 0 Å². The largest absolute Gasteiger partial charge is 0.486 e. The van der Waals surface area contributed by atoms with Gasteiger partial charge in [-0.15, -0.1) is 10.2 Å². The molecule has 1 heterocycles. The van der Waals surface area contributed by atoms with Crippen molar-refractivity contribution in [3.8, 4) is 5.75 Å². The summed E-state index contributed by atoms with van der Waals surface area (Å²) >= 11 is 1.57.